The van der Waals surface area contributed by atoms with Gasteiger partial charge in [-0.1, -0.05) is 40.2 Å². The van der Waals surface area contributed by atoms with Crippen LogP contribution in [-0.2, 0) is 16.1 Å². The monoisotopic (exact) mass is 444 g/mol. The van der Waals surface area contributed by atoms with E-state index in [4.69, 9.17) is 0 Å². The molecule has 1 saturated carbocycles. The van der Waals surface area contributed by atoms with Crippen LogP contribution in [0.2, 0.25) is 0 Å². The Morgan fingerprint density at radius 2 is 1.75 bits per heavy atom. The van der Waals surface area contributed by atoms with Crippen molar-refractivity contribution < 1.29 is 9.59 Å². The smallest absolute Gasteiger partial charge is 0.233 e. The molecule has 6 nitrogen and oxygen atoms in total. The summed E-state index contributed by atoms with van der Waals surface area (Å²) in [4.78, 5) is 31.5. The summed E-state index contributed by atoms with van der Waals surface area (Å²) in [5.41, 5.74) is 1.11. The van der Waals surface area contributed by atoms with Crippen LogP contribution in [0.15, 0.2) is 45.9 Å². The molecule has 1 saturated heterocycles. The maximum absolute atomic E-state index is 12.7. The van der Waals surface area contributed by atoms with Gasteiger partial charge in [0.15, 0.2) is 5.96 Å². The van der Waals surface area contributed by atoms with E-state index in [0.29, 0.717) is 25.6 Å². The molecule has 2 amide bonds. The number of benzene rings is 1. The van der Waals surface area contributed by atoms with E-state index in [1.54, 1.807) is 0 Å². The Kier molecular flexibility index (Phi) is 5.53. The number of amides is 2. The maximum Gasteiger partial charge on any atom is 0.233 e. The van der Waals surface area contributed by atoms with Gasteiger partial charge in [0.05, 0.1) is 18.4 Å². The van der Waals surface area contributed by atoms with E-state index >= 15 is 0 Å². The molecule has 7 heteroatoms. The largest absolute Gasteiger partial charge is 0.357 e. The van der Waals surface area contributed by atoms with E-state index in [2.05, 4.69) is 43.7 Å². The van der Waals surface area contributed by atoms with Crippen LogP contribution in [0.5, 0.6) is 0 Å². The van der Waals surface area contributed by atoms with Crippen molar-refractivity contribution in [1.29, 1.82) is 0 Å². The second-order valence-corrected chi connectivity index (χ2v) is 8.49. The first-order chi connectivity index (χ1) is 13.6. The molecule has 0 radical (unpaired) electrons. The lowest BCUT2D eigenvalue weighted by Gasteiger charge is -2.18. The summed E-state index contributed by atoms with van der Waals surface area (Å²) in [6, 6.07) is 8.04. The van der Waals surface area contributed by atoms with Crippen molar-refractivity contribution in [3.63, 3.8) is 0 Å². The number of fused-ring (bicyclic) bond motifs is 5. The zero-order valence-corrected chi connectivity index (χ0v) is 17.5. The minimum atomic E-state index is -0.123. The predicted molar refractivity (Wildman–Crippen MR) is 111 cm³/mol. The van der Waals surface area contributed by atoms with Gasteiger partial charge in [0, 0.05) is 24.1 Å². The summed E-state index contributed by atoms with van der Waals surface area (Å²) in [5.74, 6) is 0.967. The summed E-state index contributed by atoms with van der Waals surface area (Å²) in [6.07, 6.45) is 5.21. The van der Waals surface area contributed by atoms with Crippen molar-refractivity contribution in [2.75, 3.05) is 19.6 Å². The van der Waals surface area contributed by atoms with E-state index < -0.39 is 0 Å². The summed E-state index contributed by atoms with van der Waals surface area (Å²) in [6.45, 7) is 4.18. The average Bonchev–Trinajstić information content (AvgIpc) is 3.37. The molecule has 0 aromatic heterocycles. The molecular weight excluding hydrogens is 420 g/mol. The van der Waals surface area contributed by atoms with E-state index in [1.807, 2.05) is 31.2 Å². The van der Waals surface area contributed by atoms with E-state index in [9.17, 15) is 9.59 Å². The fourth-order valence-corrected chi connectivity index (χ4v) is 4.84. The first-order valence-electron chi connectivity index (χ1n) is 9.88. The highest BCUT2D eigenvalue weighted by Crippen LogP contribution is 2.52. The first kappa shape index (κ1) is 19.2. The number of hydrogen-bond acceptors (Lipinski definition) is 3. The second kappa shape index (κ2) is 8.07. The lowest BCUT2D eigenvalue weighted by Crippen LogP contribution is -2.43. The van der Waals surface area contributed by atoms with Crippen molar-refractivity contribution in [2.24, 2.45) is 28.7 Å². The third-order valence-electron chi connectivity index (χ3n) is 5.87. The van der Waals surface area contributed by atoms with Crippen molar-refractivity contribution >= 4 is 33.7 Å². The summed E-state index contributed by atoms with van der Waals surface area (Å²) < 4.78 is 1.04. The number of nitrogens with one attached hydrogen (secondary N) is 2. The Balaban J connectivity index is 1.32. The van der Waals surface area contributed by atoms with Gasteiger partial charge in [0.2, 0.25) is 11.8 Å². The van der Waals surface area contributed by atoms with Crippen molar-refractivity contribution in [1.82, 2.24) is 15.5 Å². The highest BCUT2D eigenvalue weighted by molar-refractivity contribution is 9.10. The topological polar surface area (TPSA) is 73.8 Å². The lowest BCUT2D eigenvalue weighted by molar-refractivity contribution is -0.140. The number of allylic oxidation sites excluding steroid dienone is 2. The van der Waals surface area contributed by atoms with Gasteiger partial charge in [0.1, 0.15) is 0 Å². The Morgan fingerprint density at radius 1 is 1.11 bits per heavy atom. The van der Waals surface area contributed by atoms with E-state index in [0.717, 1.165) is 23.0 Å². The Labute approximate surface area is 173 Å². The van der Waals surface area contributed by atoms with Crippen LogP contribution in [0, 0.1) is 23.7 Å². The average molecular weight is 445 g/mol. The predicted octanol–water partition coefficient (Wildman–Crippen LogP) is 2.31. The number of guanidine groups is 1. The van der Waals surface area contributed by atoms with Crippen LogP contribution in [0.1, 0.15) is 18.9 Å². The fourth-order valence-electron chi connectivity index (χ4n) is 4.57. The van der Waals surface area contributed by atoms with Crippen LogP contribution < -0.4 is 10.6 Å². The highest BCUT2D eigenvalue weighted by atomic mass is 79.9. The summed E-state index contributed by atoms with van der Waals surface area (Å²) in [5, 5.41) is 6.45. The van der Waals surface area contributed by atoms with Gasteiger partial charge in [-0.15, -0.1) is 0 Å². The number of hydrogen-bond donors (Lipinski definition) is 2. The molecule has 4 atom stereocenters. The number of carbonyl (C=O) groups excluding carboxylic acids is 2. The molecule has 2 aliphatic carbocycles. The summed E-state index contributed by atoms with van der Waals surface area (Å²) >= 11 is 3.43. The zero-order chi connectivity index (χ0) is 19.7. The molecule has 28 heavy (non-hydrogen) atoms. The van der Waals surface area contributed by atoms with Crippen molar-refractivity contribution in [3.8, 4) is 0 Å². The molecule has 2 N–H and O–H groups in total. The van der Waals surface area contributed by atoms with Gasteiger partial charge in [-0.25, -0.2) is 4.99 Å². The molecule has 1 aromatic rings. The third-order valence-corrected chi connectivity index (χ3v) is 6.40. The molecule has 4 rings (SSSR count). The van der Waals surface area contributed by atoms with Gasteiger partial charge in [-0.3, -0.25) is 14.5 Å². The molecule has 2 bridgehead atoms. The quantitative estimate of drug-likeness (QED) is 0.305. The van der Waals surface area contributed by atoms with Crippen molar-refractivity contribution in [2.45, 2.75) is 19.9 Å². The fraction of sp³-hybridized carbons (Fsp3) is 0.476. The molecule has 1 aromatic carbocycles. The van der Waals surface area contributed by atoms with Gasteiger partial charge >= 0.3 is 0 Å². The van der Waals surface area contributed by atoms with Crippen LogP contribution in [-0.4, -0.2) is 42.3 Å². The molecule has 1 aliphatic heterocycles. The number of rotatable bonds is 6. The van der Waals surface area contributed by atoms with Crippen molar-refractivity contribution in [3.05, 3.63) is 46.5 Å². The second-order valence-electron chi connectivity index (χ2n) is 7.58. The van der Waals surface area contributed by atoms with E-state index in [1.165, 1.54) is 4.90 Å². The Morgan fingerprint density at radius 3 is 2.36 bits per heavy atom. The number of nitrogens with zero attached hydrogens (tertiary/aromatic N) is 2. The number of aliphatic imine (C=N–C) groups is 1. The molecule has 2 fully saturated rings. The van der Waals surface area contributed by atoms with Gasteiger partial charge < -0.3 is 10.6 Å². The third kappa shape index (κ3) is 3.60. The Hall–Kier alpha value is -2.15. The minimum absolute atomic E-state index is 0.00505. The minimum Gasteiger partial charge on any atom is -0.357 e. The van der Waals surface area contributed by atoms with Crippen LogP contribution in [0.4, 0.5) is 0 Å². The van der Waals surface area contributed by atoms with Gasteiger partial charge in [0.25, 0.3) is 0 Å². The molecule has 1 heterocycles. The molecular formula is C21H25BrN4O2. The first-order valence-corrected chi connectivity index (χ1v) is 10.7. The normalized spacial score (nSPS) is 28.2. The molecule has 148 valence electrons. The lowest BCUT2D eigenvalue weighted by atomic mass is 9.85. The molecule has 4 unspecified atom stereocenters. The van der Waals surface area contributed by atoms with Crippen LogP contribution in [0.25, 0.3) is 0 Å². The van der Waals surface area contributed by atoms with Crippen LogP contribution in [0.3, 0.4) is 0 Å². The number of imide groups is 1. The number of halogens is 1. The Bertz CT molecular complexity index is 790. The molecule has 3 aliphatic rings. The van der Waals surface area contributed by atoms with Crippen LogP contribution >= 0.6 is 15.9 Å². The van der Waals surface area contributed by atoms with Gasteiger partial charge in [-0.2, -0.15) is 0 Å². The number of carbonyl (C=O) groups is 2. The SMILES string of the molecule is CCNC(=NCc1ccc(Br)cc1)NCCN1C(=O)C2C3C=CC(C3)C2C1=O. The van der Waals surface area contributed by atoms with E-state index in [-0.39, 0.29) is 35.5 Å². The molecule has 0 spiro atoms. The zero-order valence-electron chi connectivity index (χ0n) is 15.9. The number of likely N-dealkylation sites (tertiary alicyclic amines) is 1. The van der Waals surface area contributed by atoms with Gasteiger partial charge in [-0.05, 0) is 42.9 Å². The maximum atomic E-state index is 12.7. The standard InChI is InChI=1S/C21H25BrN4O2/c1-2-23-21(25-12-13-3-7-16(22)8-4-13)24-9-10-26-19(27)17-14-5-6-15(11-14)18(17)20(26)28/h3-8,14-15,17-18H,2,9-12H2,1H3,(H2,23,24,25). The summed E-state index contributed by atoms with van der Waals surface area (Å²) in [7, 11) is 0. The highest BCUT2D eigenvalue weighted by Gasteiger charge is 2.58.